The lowest BCUT2D eigenvalue weighted by atomic mass is 10.2. The van der Waals surface area contributed by atoms with E-state index in [-0.39, 0.29) is 0 Å². The van der Waals surface area contributed by atoms with Crippen LogP contribution in [-0.2, 0) is 0 Å². The van der Waals surface area contributed by atoms with E-state index in [0.29, 0.717) is 0 Å². The van der Waals surface area contributed by atoms with Crippen LogP contribution >= 0.6 is 46.7 Å². The van der Waals surface area contributed by atoms with Crippen LogP contribution < -0.4 is 5.32 Å². The Labute approximate surface area is 187 Å². The highest BCUT2D eigenvalue weighted by atomic mass is 32.2. The second-order valence-corrected chi connectivity index (χ2v) is 10.1. The number of hydrogen-bond donors (Lipinski definition) is 1. The summed E-state index contributed by atoms with van der Waals surface area (Å²) in [6.45, 7) is 1.99. The van der Waals surface area contributed by atoms with Crippen LogP contribution in [0, 0.1) is 0 Å². The van der Waals surface area contributed by atoms with E-state index in [2.05, 4.69) is 45.2 Å². The van der Waals surface area contributed by atoms with Gasteiger partial charge in [0.1, 0.15) is 11.4 Å². The number of benzene rings is 1. The Kier molecular flexibility index (Phi) is 5.50. The fourth-order valence-corrected chi connectivity index (χ4v) is 5.90. The quantitative estimate of drug-likeness (QED) is 0.393. The predicted molar refractivity (Wildman–Crippen MR) is 131 cm³/mol. The Hall–Kier alpha value is -2.00. The Morgan fingerprint density at radius 2 is 1.55 bits per heavy atom. The van der Waals surface area contributed by atoms with Crippen molar-refractivity contribution in [3.8, 4) is 21.1 Å². The number of thiophene rings is 2. The fourth-order valence-electron chi connectivity index (χ4n) is 3.27. The summed E-state index contributed by atoms with van der Waals surface area (Å²) in [5.41, 5.74) is 4.59. The molecule has 1 aliphatic heterocycles. The van der Waals surface area contributed by atoms with Gasteiger partial charge in [0.15, 0.2) is 5.11 Å². The van der Waals surface area contributed by atoms with Crippen LogP contribution in [-0.4, -0.2) is 44.6 Å². The number of fused-ring (bicyclic) bond motifs is 1. The first-order valence-corrected chi connectivity index (χ1v) is 12.6. The average molecular weight is 455 g/mol. The van der Waals surface area contributed by atoms with E-state index in [9.17, 15) is 0 Å². The molecule has 0 spiro atoms. The third-order valence-corrected chi connectivity index (χ3v) is 7.78. The van der Waals surface area contributed by atoms with Crippen molar-refractivity contribution in [1.29, 1.82) is 0 Å². The summed E-state index contributed by atoms with van der Waals surface area (Å²) in [5.74, 6) is 2.25. The van der Waals surface area contributed by atoms with E-state index >= 15 is 0 Å². The van der Waals surface area contributed by atoms with Crippen molar-refractivity contribution >= 4 is 68.5 Å². The van der Waals surface area contributed by atoms with Crippen molar-refractivity contribution in [3.63, 3.8) is 0 Å². The smallest absolute Gasteiger partial charge is 0.173 e. The summed E-state index contributed by atoms with van der Waals surface area (Å²) < 4.78 is 0. The van der Waals surface area contributed by atoms with Crippen molar-refractivity contribution < 1.29 is 0 Å². The zero-order chi connectivity index (χ0) is 19.6. The van der Waals surface area contributed by atoms with Crippen LogP contribution in [0.1, 0.15) is 0 Å². The van der Waals surface area contributed by atoms with Gasteiger partial charge in [-0.1, -0.05) is 12.1 Å². The van der Waals surface area contributed by atoms with Crippen molar-refractivity contribution in [2.24, 2.45) is 0 Å². The highest BCUT2D eigenvalue weighted by Crippen LogP contribution is 2.35. The summed E-state index contributed by atoms with van der Waals surface area (Å²) in [7, 11) is 0. The Balaban J connectivity index is 1.52. The summed E-state index contributed by atoms with van der Waals surface area (Å²) in [6.07, 6.45) is 0. The summed E-state index contributed by atoms with van der Waals surface area (Å²) in [6, 6.07) is 14.4. The molecule has 4 aromatic rings. The molecule has 0 bridgehead atoms. The van der Waals surface area contributed by atoms with Crippen molar-refractivity contribution in [1.82, 2.24) is 14.9 Å². The topological polar surface area (TPSA) is 41.1 Å². The van der Waals surface area contributed by atoms with Gasteiger partial charge in [0.25, 0.3) is 0 Å². The standard InChI is InChI=1S/C21H18N4S4/c26-21(25-7-11-27-12-8-25)22-14-5-6-15-16(13-14)24-20(18-4-2-10-29-18)19(23-15)17-3-1-9-28-17/h1-6,9-10,13H,7-8,11-12H2,(H,22,26). The zero-order valence-corrected chi connectivity index (χ0v) is 18.8. The molecule has 1 saturated heterocycles. The second kappa shape index (κ2) is 8.39. The van der Waals surface area contributed by atoms with Crippen LogP contribution in [0.15, 0.2) is 53.2 Å². The molecule has 0 radical (unpaired) electrons. The summed E-state index contributed by atoms with van der Waals surface area (Å²) in [5, 5.41) is 8.32. The number of nitrogens with one attached hydrogen (secondary N) is 1. The lowest BCUT2D eigenvalue weighted by Crippen LogP contribution is -2.40. The van der Waals surface area contributed by atoms with E-state index in [1.807, 2.05) is 30.0 Å². The van der Waals surface area contributed by atoms with Gasteiger partial charge in [-0.2, -0.15) is 11.8 Å². The monoisotopic (exact) mass is 454 g/mol. The zero-order valence-electron chi connectivity index (χ0n) is 15.5. The van der Waals surface area contributed by atoms with Gasteiger partial charge < -0.3 is 10.2 Å². The molecule has 3 aromatic heterocycles. The molecule has 0 aliphatic carbocycles. The first-order chi connectivity index (χ1) is 14.3. The molecular formula is C21H18N4S4. The largest absolute Gasteiger partial charge is 0.347 e. The molecule has 1 fully saturated rings. The SMILES string of the molecule is S=C(Nc1ccc2nc(-c3cccs3)c(-c3cccs3)nc2c1)N1CCSCC1. The van der Waals surface area contributed by atoms with Gasteiger partial charge in [-0.15, -0.1) is 22.7 Å². The van der Waals surface area contributed by atoms with Crippen LogP contribution in [0.4, 0.5) is 5.69 Å². The highest BCUT2D eigenvalue weighted by Gasteiger charge is 2.16. The van der Waals surface area contributed by atoms with Crippen LogP contribution in [0.3, 0.4) is 0 Å². The highest BCUT2D eigenvalue weighted by molar-refractivity contribution is 7.99. The third-order valence-electron chi connectivity index (χ3n) is 4.72. The molecule has 5 rings (SSSR count). The minimum Gasteiger partial charge on any atom is -0.347 e. The summed E-state index contributed by atoms with van der Waals surface area (Å²) >= 11 is 11.0. The number of hydrogen-bond acceptors (Lipinski definition) is 6. The molecule has 0 atom stereocenters. The Bertz CT molecular complexity index is 1130. The fraction of sp³-hybridized carbons (Fsp3) is 0.190. The number of thiocarbonyl (C=S) groups is 1. The van der Waals surface area contributed by atoms with E-state index in [1.165, 1.54) is 0 Å². The molecule has 0 unspecified atom stereocenters. The van der Waals surface area contributed by atoms with Crippen LogP contribution in [0.5, 0.6) is 0 Å². The molecule has 4 heterocycles. The molecule has 29 heavy (non-hydrogen) atoms. The number of thioether (sulfide) groups is 1. The van der Waals surface area contributed by atoms with Gasteiger partial charge in [0.2, 0.25) is 0 Å². The molecule has 0 saturated carbocycles. The molecule has 8 heteroatoms. The lowest BCUT2D eigenvalue weighted by Gasteiger charge is -2.29. The molecule has 1 aliphatic rings. The molecule has 0 amide bonds. The molecule has 1 N–H and O–H groups in total. The second-order valence-electron chi connectivity index (χ2n) is 6.61. The van der Waals surface area contributed by atoms with Crippen molar-refractivity contribution in [2.45, 2.75) is 0 Å². The van der Waals surface area contributed by atoms with E-state index in [1.54, 1.807) is 22.7 Å². The van der Waals surface area contributed by atoms with Gasteiger partial charge in [-0.05, 0) is 53.3 Å². The average Bonchev–Trinajstić information content (AvgIpc) is 3.47. The van der Waals surface area contributed by atoms with Gasteiger partial charge in [-0.3, -0.25) is 0 Å². The van der Waals surface area contributed by atoms with Crippen LogP contribution in [0.25, 0.3) is 32.2 Å². The van der Waals surface area contributed by atoms with Crippen LogP contribution in [0.2, 0.25) is 0 Å². The maximum atomic E-state index is 5.62. The molecule has 146 valence electrons. The van der Waals surface area contributed by atoms with E-state index in [0.717, 1.165) is 67.6 Å². The Morgan fingerprint density at radius 1 is 0.897 bits per heavy atom. The number of nitrogens with zero attached hydrogens (tertiary/aromatic N) is 3. The predicted octanol–water partition coefficient (Wildman–Crippen LogP) is 5.83. The molecule has 1 aromatic carbocycles. The number of rotatable bonds is 3. The van der Waals surface area contributed by atoms with Gasteiger partial charge in [-0.25, -0.2) is 9.97 Å². The molecule has 4 nitrogen and oxygen atoms in total. The van der Waals surface area contributed by atoms with E-state index < -0.39 is 0 Å². The van der Waals surface area contributed by atoms with Gasteiger partial charge in [0.05, 0.1) is 20.8 Å². The maximum Gasteiger partial charge on any atom is 0.173 e. The first kappa shape index (κ1) is 19.0. The van der Waals surface area contributed by atoms with Gasteiger partial charge in [0, 0.05) is 30.3 Å². The first-order valence-electron chi connectivity index (χ1n) is 9.31. The maximum absolute atomic E-state index is 5.62. The number of anilines is 1. The minimum atomic E-state index is 0.784. The van der Waals surface area contributed by atoms with E-state index in [4.69, 9.17) is 22.2 Å². The Morgan fingerprint density at radius 3 is 2.17 bits per heavy atom. The van der Waals surface area contributed by atoms with Crippen molar-refractivity contribution in [2.75, 3.05) is 29.9 Å². The molecular weight excluding hydrogens is 437 g/mol. The van der Waals surface area contributed by atoms with Crippen molar-refractivity contribution in [3.05, 3.63) is 53.2 Å². The van der Waals surface area contributed by atoms with Gasteiger partial charge >= 0.3 is 0 Å². The summed E-state index contributed by atoms with van der Waals surface area (Å²) in [4.78, 5) is 14.5. The third kappa shape index (κ3) is 4.02. The minimum absolute atomic E-state index is 0.784. The number of aromatic nitrogens is 2. The normalized spacial score (nSPS) is 14.3. The lowest BCUT2D eigenvalue weighted by molar-refractivity contribution is 0.470.